The van der Waals surface area contributed by atoms with E-state index in [9.17, 15) is 0 Å². The fraction of sp³-hybridized carbons (Fsp3) is 0.286. The second-order valence-corrected chi connectivity index (χ2v) is 3.97. The lowest BCUT2D eigenvalue weighted by molar-refractivity contribution is 1.12. The predicted molar refractivity (Wildman–Crippen MR) is 65.2 cm³/mol. The maximum absolute atomic E-state index is 8.67. The number of rotatable bonds is 2. The van der Waals surface area contributed by atoms with Gasteiger partial charge in [0.2, 0.25) is 0 Å². The number of aromatic nitrogens is 1. The second kappa shape index (κ2) is 4.32. The second-order valence-electron chi connectivity index (χ2n) is 3.97. The van der Waals surface area contributed by atoms with Crippen molar-refractivity contribution in [3.8, 4) is 6.07 Å². The summed E-state index contributed by atoms with van der Waals surface area (Å²) in [5.41, 5.74) is 4.37. The summed E-state index contributed by atoms with van der Waals surface area (Å²) in [6.07, 6.45) is 1.42. The molecule has 1 heterocycles. The van der Waals surface area contributed by atoms with Crippen LogP contribution in [0.3, 0.4) is 0 Å². The molecule has 0 aliphatic carbocycles. The number of nitriles is 1. The minimum Gasteiger partial charge on any atom is -0.252 e. The van der Waals surface area contributed by atoms with Crippen LogP contribution in [0.15, 0.2) is 24.3 Å². The van der Waals surface area contributed by atoms with Gasteiger partial charge in [-0.05, 0) is 42.7 Å². The maximum atomic E-state index is 8.67. The van der Waals surface area contributed by atoms with Crippen molar-refractivity contribution in [2.75, 3.05) is 0 Å². The molecule has 1 aromatic carbocycles. The highest BCUT2D eigenvalue weighted by Gasteiger charge is 2.03. The van der Waals surface area contributed by atoms with Crippen LogP contribution in [-0.4, -0.2) is 4.98 Å². The molecular formula is C14H14N2. The Kier molecular flexibility index (Phi) is 2.87. The summed E-state index contributed by atoms with van der Waals surface area (Å²) in [6, 6.07) is 10.5. The normalized spacial score (nSPS) is 10.3. The Morgan fingerprint density at radius 1 is 1.31 bits per heavy atom. The topological polar surface area (TPSA) is 36.7 Å². The fourth-order valence-electron chi connectivity index (χ4n) is 1.90. The van der Waals surface area contributed by atoms with E-state index < -0.39 is 0 Å². The van der Waals surface area contributed by atoms with E-state index in [0.717, 1.165) is 17.6 Å². The Hall–Kier alpha value is -1.88. The lowest BCUT2D eigenvalue weighted by Gasteiger charge is -2.06. The molecule has 2 aromatic rings. The zero-order valence-electron chi connectivity index (χ0n) is 9.62. The van der Waals surface area contributed by atoms with Crippen LogP contribution in [0.5, 0.6) is 0 Å². The number of hydrogen-bond acceptors (Lipinski definition) is 2. The van der Waals surface area contributed by atoms with E-state index in [1.807, 2.05) is 12.1 Å². The van der Waals surface area contributed by atoms with Gasteiger partial charge in [0.05, 0.1) is 23.7 Å². The van der Waals surface area contributed by atoms with Crippen LogP contribution in [0.2, 0.25) is 0 Å². The van der Waals surface area contributed by atoms with Crippen molar-refractivity contribution in [1.29, 1.82) is 5.26 Å². The van der Waals surface area contributed by atoms with Crippen LogP contribution in [0, 0.1) is 18.3 Å². The van der Waals surface area contributed by atoms with Gasteiger partial charge in [0.15, 0.2) is 0 Å². The van der Waals surface area contributed by atoms with Gasteiger partial charge < -0.3 is 0 Å². The summed E-state index contributed by atoms with van der Waals surface area (Å²) >= 11 is 0. The zero-order valence-corrected chi connectivity index (χ0v) is 9.62. The average molecular weight is 210 g/mol. The molecule has 0 saturated heterocycles. The largest absolute Gasteiger partial charge is 0.252 e. The smallest absolute Gasteiger partial charge is 0.0775 e. The molecule has 0 radical (unpaired) electrons. The van der Waals surface area contributed by atoms with E-state index >= 15 is 0 Å². The van der Waals surface area contributed by atoms with Gasteiger partial charge in [0.1, 0.15) is 0 Å². The first-order chi connectivity index (χ1) is 7.74. The maximum Gasteiger partial charge on any atom is 0.0775 e. The first-order valence-electron chi connectivity index (χ1n) is 5.50. The lowest BCUT2D eigenvalue weighted by Crippen LogP contribution is -1.92. The summed E-state index contributed by atoms with van der Waals surface area (Å²) in [6.45, 7) is 4.22. The van der Waals surface area contributed by atoms with E-state index in [0.29, 0.717) is 6.42 Å². The highest BCUT2D eigenvalue weighted by molar-refractivity contribution is 5.82. The summed E-state index contributed by atoms with van der Waals surface area (Å²) < 4.78 is 0. The van der Waals surface area contributed by atoms with E-state index in [1.54, 1.807) is 0 Å². The van der Waals surface area contributed by atoms with Gasteiger partial charge in [-0.3, -0.25) is 4.98 Å². The van der Waals surface area contributed by atoms with E-state index in [-0.39, 0.29) is 0 Å². The van der Waals surface area contributed by atoms with Gasteiger partial charge >= 0.3 is 0 Å². The molecule has 2 rings (SSSR count). The van der Waals surface area contributed by atoms with Gasteiger partial charge in [-0.15, -0.1) is 0 Å². The highest BCUT2D eigenvalue weighted by Crippen LogP contribution is 2.20. The average Bonchev–Trinajstić information content (AvgIpc) is 2.29. The monoisotopic (exact) mass is 210 g/mol. The first kappa shape index (κ1) is 10.6. The molecule has 0 aliphatic heterocycles. The number of nitrogens with zero attached hydrogens (tertiary/aromatic N) is 2. The van der Waals surface area contributed by atoms with E-state index in [4.69, 9.17) is 5.26 Å². The first-order valence-corrected chi connectivity index (χ1v) is 5.50. The van der Waals surface area contributed by atoms with Gasteiger partial charge in [0, 0.05) is 5.39 Å². The number of pyridine rings is 1. The molecule has 0 unspecified atom stereocenters. The Bertz CT molecular complexity index is 565. The molecule has 0 bridgehead atoms. The molecule has 0 aliphatic rings. The molecule has 0 saturated carbocycles. The zero-order chi connectivity index (χ0) is 11.5. The summed E-state index contributed by atoms with van der Waals surface area (Å²) in [5, 5.41) is 9.87. The highest BCUT2D eigenvalue weighted by atomic mass is 14.7. The predicted octanol–water partition coefficient (Wildman–Crippen LogP) is 3.17. The summed E-state index contributed by atoms with van der Waals surface area (Å²) in [5.74, 6) is 0. The molecule has 0 spiro atoms. The summed E-state index contributed by atoms with van der Waals surface area (Å²) in [7, 11) is 0. The van der Waals surface area contributed by atoms with Crippen LogP contribution in [0.25, 0.3) is 10.9 Å². The van der Waals surface area contributed by atoms with Crippen molar-refractivity contribution in [3.63, 3.8) is 0 Å². The Labute approximate surface area is 95.6 Å². The molecule has 0 N–H and O–H groups in total. The van der Waals surface area contributed by atoms with E-state index in [2.05, 4.69) is 37.0 Å². The van der Waals surface area contributed by atoms with Crippen LogP contribution in [-0.2, 0) is 12.8 Å². The molecule has 2 nitrogen and oxygen atoms in total. The minimum atomic E-state index is 0.381. The number of aryl methyl sites for hydroxylation is 2. The molecular weight excluding hydrogens is 196 g/mol. The van der Waals surface area contributed by atoms with Crippen LogP contribution >= 0.6 is 0 Å². The molecule has 0 atom stereocenters. The van der Waals surface area contributed by atoms with Crippen molar-refractivity contribution in [2.45, 2.75) is 26.7 Å². The van der Waals surface area contributed by atoms with Gasteiger partial charge in [-0.1, -0.05) is 13.0 Å². The van der Waals surface area contributed by atoms with Crippen molar-refractivity contribution in [2.24, 2.45) is 0 Å². The number of benzene rings is 1. The molecule has 0 fully saturated rings. The third-order valence-corrected chi connectivity index (χ3v) is 2.80. The lowest BCUT2D eigenvalue weighted by atomic mass is 10.0. The van der Waals surface area contributed by atoms with Crippen LogP contribution in [0.4, 0.5) is 0 Å². The van der Waals surface area contributed by atoms with Crippen molar-refractivity contribution >= 4 is 10.9 Å². The fourth-order valence-corrected chi connectivity index (χ4v) is 1.90. The molecule has 16 heavy (non-hydrogen) atoms. The number of fused-ring (bicyclic) bond motifs is 1. The van der Waals surface area contributed by atoms with Gasteiger partial charge in [-0.25, -0.2) is 0 Å². The van der Waals surface area contributed by atoms with Crippen molar-refractivity contribution in [3.05, 3.63) is 41.1 Å². The van der Waals surface area contributed by atoms with Crippen molar-refractivity contribution < 1.29 is 0 Å². The summed E-state index contributed by atoms with van der Waals surface area (Å²) in [4.78, 5) is 4.48. The molecule has 0 amide bonds. The third-order valence-electron chi connectivity index (χ3n) is 2.80. The minimum absolute atomic E-state index is 0.381. The Morgan fingerprint density at radius 3 is 2.81 bits per heavy atom. The van der Waals surface area contributed by atoms with Crippen molar-refractivity contribution in [1.82, 2.24) is 4.98 Å². The quantitative estimate of drug-likeness (QED) is 0.763. The SMILES string of the molecule is CCc1ccc2nc(CC#N)cc(C)c2c1. The molecule has 80 valence electrons. The Morgan fingerprint density at radius 2 is 2.12 bits per heavy atom. The Balaban J connectivity index is 2.62. The van der Waals surface area contributed by atoms with Crippen LogP contribution in [0.1, 0.15) is 23.7 Å². The number of hydrogen-bond donors (Lipinski definition) is 0. The standard InChI is InChI=1S/C14H14N2/c1-3-11-4-5-14-13(9-11)10(2)8-12(16-14)6-7-15/h4-5,8-9H,3,6H2,1-2H3. The van der Waals surface area contributed by atoms with Gasteiger partial charge in [0.25, 0.3) is 0 Å². The van der Waals surface area contributed by atoms with Crippen LogP contribution < -0.4 is 0 Å². The molecule has 1 aromatic heterocycles. The van der Waals surface area contributed by atoms with E-state index in [1.165, 1.54) is 16.5 Å². The molecule has 2 heteroatoms. The van der Waals surface area contributed by atoms with Gasteiger partial charge in [-0.2, -0.15) is 5.26 Å². The third kappa shape index (κ3) is 1.90.